The third-order valence-electron chi connectivity index (χ3n) is 2.77. The summed E-state index contributed by atoms with van der Waals surface area (Å²) in [5.74, 6) is -0.184. The van der Waals surface area contributed by atoms with Gasteiger partial charge in [-0.05, 0) is 49.4 Å². The van der Waals surface area contributed by atoms with Crippen LogP contribution < -0.4 is 4.74 Å². The molecule has 0 aliphatic heterocycles. The molecule has 0 fully saturated rings. The number of carbonyl (C=O) groups is 1. The van der Waals surface area contributed by atoms with E-state index in [0.29, 0.717) is 28.5 Å². The predicted molar refractivity (Wildman–Crippen MR) is 78.1 cm³/mol. The molecule has 0 aliphatic rings. The van der Waals surface area contributed by atoms with Gasteiger partial charge in [0.1, 0.15) is 18.2 Å². The van der Waals surface area contributed by atoms with Gasteiger partial charge in [-0.1, -0.05) is 11.6 Å². The third-order valence-corrected chi connectivity index (χ3v) is 3.14. The Balaban J connectivity index is 2.00. The number of benzene rings is 2. The van der Waals surface area contributed by atoms with Crippen molar-refractivity contribution in [2.24, 2.45) is 0 Å². The van der Waals surface area contributed by atoms with Crippen LogP contribution in [0.1, 0.15) is 22.8 Å². The van der Waals surface area contributed by atoms with Crippen LogP contribution in [0.4, 0.5) is 4.39 Å². The Hall–Kier alpha value is -2.07. The maximum atomic E-state index is 13.1. The molecule has 0 bridgehead atoms. The number of esters is 1. The van der Waals surface area contributed by atoms with Gasteiger partial charge in [-0.25, -0.2) is 9.18 Å². The SMILES string of the molecule is CCOC(=O)c1ccc(OCc2cc(F)ccc2Cl)cc1. The molecule has 0 saturated heterocycles. The molecule has 21 heavy (non-hydrogen) atoms. The Morgan fingerprint density at radius 2 is 1.90 bits per heavy atom. The van der Waals surface area contributed by atoms with E-state index in [1.807, 2.05) is 0 Å². The van der Waals surface area contributed by atoms with Crippen LogP contribution in [-0.4, -0.2) is 12.6 Å². The highest BCUT2D eigenvalue weighted by Crippen LogP contribution is 2.20. The van der Waals surface area contributed by atoms with Crippen LogP contribution in [0.3, 0.4) is 0 Å². The molecule has 0 N–H and O–H groups in total. The Morgan fingerprint density at radius 1 is 1.19 bits per heavy atom. The van der Waals surface area contributed by atoms with Crippen LogP contribution in [0, 0.1) is 5.82 Å². The molecular formula is C16H14ClFO3. The van der Waals surface area contributed by atoms with E-state index in [-0.39, 0.29) is 18.4 Å². The molecule has 5 heteroatoms. The van der Waals surface area contributed by atoms with E-state index < -0.39 is 0 Å². The average Bonchev–Trinajstić information content (AvgIpc) is 2.49. The molecule has 110 valence electrons. The fraction of sp³-hybridized carbons (Fsp3) is 0.188. The van der Waals surface area contributed by atoms with Gasteiger partial charge in [-0.15, -0.1) is 0 Å². The smallest absolute Gasteiger partial charge is 0.338 e. The summed E-state index contributed by atoms with van der Waals surface area (Å²) in [5.41, 5.74) is 1.01. The van der Waals surface area contributed by atoms with Gasteiger partial charge in [0, 0.05) is 10.6 Å². The minimum atomic E-state index is -0.378. The van der Waals surface area contributed by atoms with Crippen LogP contribution in [0.5, 0.6) is 5.75 Å². The standard InChI is InChI=1S/C16H14ClFO3/c1-2-20-16(19)11-3-6-14(7-4-11)21-10-12-9-13(18)5-8-15(12)17/h3-9H,2,10H2,1H3. The topological polar surface area (TPSA) is 35.5 Å². The number of hydrogen-bond acceptors (Lipinski definition) is 3. The van der Waals surface area contributed by atoms with E-state index in [0.717, 1.165) is 0 Å². The van der Waals surface area contributed by atoms with E-state index in [1.165, 1.54) is 18.2 Å². The summed E-state index contributed by atoms with van der Waals surface area (Å²) in [6.45, 7) is 2.22. The second kappa shape index (κ2) is 7.09. The lowest BCUT2D eigenvalue weighted by atomic mass is 10.2. The molecule has 2 rings (SSSR count). The molecule has 0 aromatic heterocycles. The van der Waals surface area contributed by atoms with Gasteiger partial charge >= 0.3 is 5.97 Å². The van der Waals surface area contributed by atoms with Crippen molar-refractivity contribution >= 4 is 17.6 Å². The summed E-state index contributed by atoms with van der Waals surface area (Å²) in [6, 6.07) is 10.6. The number of hydrogen-bond donors (Lipinski definition) is 0. The van der Waals surface area contributed by atoms with Gasteiger partial charge in [0.2, 0.25) is 0 Å². The highest BCUT2D eigenvalue weighted by atomic mass is 35.5. The summed E-state index contributed by atoms with van der Waals surface area (Å²) in [5, 5.41) is 0.444. The average molecular weight is 309 g/mol. The summed E-state index contributed by atoms with van der Waals surface area (Å²) >= 11 is 5.96. The fourth-order valence-electron chi connectivity index (χ4n) is 1.72. The summed E-state index contributed by atoms with van der Waals surface area (Å²) in [6.07, 6.45) is 0. The van der Waals surface area contributed by atoms with Crippen molar-refractivity contribution in [2.75, 3.05) is 6.61 Å². The summed E-state index contributed by atoms with van der Waals surface area (Å²) in [7, 11) is 0. The second-order valence-electron chi connectivity index (χ2n) is 4.27. The van der Waals surface area contributed by atoms with Crippen molar-refractivity contribution in [3.63, 3.8) is 0 Å². The monoisotopic (exact) mass is 308 g/mol. The zero-order valence-electron chi connectivity index (χ0n) is 11.4. The van der Waals surface area contributed by atoms with Crippen molar-refractivity contribution in [2.45, 2.75) is 13.5 Å². The molecule has 2 aromatic carbocycles. The molecule has 0 amide bonds. The van der Waals surface area contributed by atoms with Crippen LogP contribution in [0.2, 0.25) is 5.02 Å². The highest BCUT2D eigenvalue weighted by Gasteiger charge is 2.07. The molecule has 0 radical (unpaired) electrons. The van der Waals surface area contributed by atoms with Crippen molar-refractivity contribution in [1.82, 2.24) is 0 Å². The highest BCUT2D eigenvalue weighted by molar-refractivity contribution is 6.31. The summed E-state index contributed by atoms with van der Waals surface area (Å²) < 4.78 is 23.5. The molecule has 2 aromatic rings. The van der Waals surface area contributed by atoms with E-state index >= 15 is 0 Å². The Bertz CT molecular complexity index is 626. The molecule has 0 heterocycles. The van der Waals surface area contributed by atoms with Crippen LogP contribution in [0.25, 0.3) is 0 Å². The first-order valence-electron chi connectivity index (χ1n) is 6.44. The van der Waals surface area contributed by atoms with Crippen LogP contribution in [-0.2, 0) is 11.3 Å². The van der Waals surface area contributed by atoms with Gasteiger partial charge in [0.05, 0.1) is 12.2 Å². The molecule has 0 atom stereocenters. The zero-order chi connectivity index (χ0) is 15.2. The first-order valence-corrected chi connectivity index (χ1v) is 6.82. The van der Waals surface area contributed by atoms with Gasteiger partial charge in [-0.2, -0.15) is 0 Å². The first kappa shape index (κ1) is 15.3. The lowest BCUT2D eigenvalue weighted by Crippen LogP contribution is -2.04. The van der Waals surface area contributed by atoms with Crippen LogP contribution >= 0.6 is 11.6 Å². The van der Waals surface area contributed by atoms with E-state index in [1.54, 1.807) is 31.2 Å². The van der Waals surface area contributed by atoms with Crippen molar-refractivity contribution in [3.05, 3.63) is 64.4 Å². The Morgan fingerprint density at radius 3 is 2.57 bits per heavy atom. The minimum Gasteiger partial charge on any atom is -0.489 e. The maximum absolute atomic E-state index is 13.1. The number of halogens is 2. The maximum Gasteiger partial charge on any atom is 0.338 e. The molecule has 0 saturated carbocycles. The molecule has 3 nitrogen and oxygen atoms in total. The van der Waals surface area contributed by atoms with E-state index in [4.69, 9.17) is 21.1 Å². The predicted octanol–water partition coefficient (Wildman–Crippen LogP) is 4.23. The van der Waals surface area contributed by atoms with Gasteiger partial charge in [0.15, 0.2) is 0 Å². The van der Waals surface area contributed by atoms with Gasteiger partial charge < -0.3 is 9.47 Å². The lowest BCUT2D eigenvalue weighted by molar-refractivity contribution is 0.0526. The zero-order valence-corrected chi connectivity index (χ0v) is 12.2. The molecule has 0 spiro atoms. The minimum absolute atomic E-state index is 0.148. The van der Waals surface area contributed by atoms with Crippen LogP contribution in [0.15, 0.2) is 42.5 Å². The third kappa shape index (κ3) is 4.20. The Labute approximate surface area is 127 Å². The number of rotatable bonds is 5. The van der Waals surface area contributed by atoms with Crippen molar-refractivity contribution < 1.29 is 18.7 Å². The number of ether oxygens (including phenoxy) is 2. The molecule has 0 unspecified atom stereocenters. The van der Waals surface area contributed by atoms with E-state index in [2.05, 4.69) is 0 Å². The van der Waals surface area contributed by atoms with Gasteiger partial charge in [0.25, 0.3) is 0 Å². The molecule has 0 aliphatic carbocycles. The number of carbonyl (C=O) groups excluding carboxylic acids is 1. The quantitative estimate of drug-likeness (QED) is 0.775. The first-order chi connectivity index (χ1) is 10.1. The van der Waals surface area contributed by atoms with E-state index in [9.17, 15) is 9.18 Å². The lowest BCUT2D eigenvalue weighted by Gasteiger charge is -2.08. The second-order valence-corrected chi connectivity index (χ2v) is 4.68. The normalized spacial score (nSPS) is 10.2. The fourth-order valence-corrected chi connectivity index (χ4v) is 1.89. The van der Waals surface area contributed by atoms with Crippen molar-refractivity contribution in [3.8, 4) is 5.75 Å². The van der Waals surface area contributed by atoms with Gasteiger partial charge in [-0.3, -0.25) is 0 Å². The largest absolute Gasteiger partial charge is 0.489 e. The summed E-state index contributed by atoms with van der Waals surface area (Å²) in [4.78, 5) is 11.5. The molecular weight excluding hydrogens is 295 g/mol. The Kier molecular flexibility index (Phi) is 5.17. The van der Waals surface area contributed by atoms with Crippen molar-refractivity contribution in [1.29, 1.82) is 0 Å².